The Bertz CT molecular complexity index is 945. The monoisotopic (exact) mass is 380 g/mol. The van der Waals surface area contributed by atoms with E-state index in [1.165, 1.54) is 11.8 Å². The molecular formula is C21H20N2O3S. The van der Waals surface area contributed by atoms with Crippen LogP contribution in [0.4, 0.5) is 0 Å². The van der Waals surface area contributed by atoms with Crippen LogP contribution in [-0.2, 0) is 4.74 Å². The number of carbonyl (C=O) groups excluding carboxylic acids is 1. The number of benzene rings is 2. The molecule has 0 aliphatic carbocycles. The van der Waals surface area contributed by atoms with Gasteiger partial charge >= 0.3 is 5.97 Å². The van der Waals surface area contributed by atoms with Crippen LogP contribution in [0.15, 0.2) is 59.8 Å². The quantitative estimate of drug-likeness (QED) is 0.350. The number of esters is 1. The van der Waals surface area contributed by atoms with Crippen molar-refractivity contribution in [3.8, 4) is 28.3 Å². The average Bonchev–Trinajstić information content (AvgIpc) is 2.73. The van der Waals surface area contributed by atoms with Gasteiger partial charge in [0.05, 0.1) is 25.1 Å². The number of hydrogen-bond acceptors (Lipinski definition) is 6. The number of thioether (sulfide) groups is 1. The molecule has 6 heteroatoms. The molecule has 5 nitrogen and oxygen atoms in total. The van der Waals surface area contributed by atoms with E-state index in [2.05, 4.69) is 9.97 Å². The second kappa shape index (κ2) is 8.68. The van der Waals surface area contributed by atoms with Crippen molar-refractivity contribution in [2.75, 3.05) is 20.0 Å². The number of methoxy groups -OCH3 is 1. The minimum absolute atomic E-state index is 0.267. The molecule has 0 unspecified atom stereocenters. The molecule has 0 saturated heterocycles. The number of para-hydroxylation sites is 1. The van der Waals surface area contributed by atoms with Crippen LogP contribution in [0.1, 0.15) is 17.3 Å². The number of nitrogens with zero attached hydrogens (tertiary/aromatic N) is 2. The van der Waals surface area contributed by atoms with Crippen LogP contribution in [0.25, 0.3) is 22.5 Å². The van der Waals surface area contributed by atoms with Crippen molar-refractivity contribution >= 4 is 17.7 Å². The zero-order valence-electron chi connectivity index (χ0n) is 15.4. The Hall–Kier alpha value is -2.86. The van der Waals surface area contributed by atoms with Crippen molar-refractivity contribution in [3.63, 3.8) is 0 Å². The Morgan fingerprint density at radius 3 is 2.33 bits per heavy atom. The number of hydrogen-bond donors (Lipinski definition) is 0. The summed E-state index contributed by atoms with van der Waals surface area (Å²) in [6.45, 7) is 2.04. The number of ether oxygens (including phenoxy) is 2. The van der Waals surface area contributed by atoms with Crippen molar-refractivity contribution in [1.29, 1.82) is 0 Å². The normalized spacial score (nSPS) is 10.5. The summed E-state index contributed by atoms with van der Waals surface area (Å²) >= 11 is 1.42. The Balaban J connectivity index is 2.36. The van der Waals surface area contributed by atoms with Crippen molar-refractivity contribution in [3.05, 3.63) is 60.2 Å². The van der Waals surface area contributed by atoms with E-state index in [4.69, 9.17) is 9.47 Å². The molecule has 0 atom stereocenters. The first-order valence-electron chi connectivity index (χ1n) is 8.51. The summed E-state index contributed by atoms with van der Waals surface area (Å²) in [6.07, 6.45) is 1.90. The minimum Gasteiger partial charge on any atom is -0.496 e. The van der Waals surface area contributed by atoms with Crippen LogP contribution < -0.4 is 4.74 Å². The molecule has 0 N–H and O–H groups in total. The van der Waals surface area contributed by atoms with Crippen LogP contribution in [0.2, 0.25) is 0 Å². The lowest BCUT2D eigenvalue weighted by Gasteiger charge is -2.16. The lowest BCUT2D eigenvalue weighted by molar-refractivity contribution is 0.0527. The van der Waals surface area contributed by atoms with Gasteiger partial charge in [-0.25, -0.2) is 14.8 Å². The van der Waals surface area contributed by atoms with Crippen LogP contribution in [-0.4, -0.2) is 35.9 Å². The molecule has 0 saturated carbocycles. The van der Waals surface area contributed by atoms with Gasteiger partial charge in [0.25, 0.3) is 0 Å². The molecule has 138 valence electrons. The highest BCUT2D eigenvalue weighted by Gasteiger charge is 2.25. The Morgan fingerprint density at radius 1 is 1.00 bits per heavy atom. The standard InChI is InChI=1S/C21H20N2O3S/c1-4-26-20(24)17-18(14-10-6-5-7-11-14)22-21(27-3)23-19(17)15-12-8-9-13-16(15)25-2/h5-13H,4H2,1-3H3. The Kier molecular flexibility index (Phi) is 6.08. The molecule has 1 heterocycles. The third-order valence-electron chi connectivity index (χ3n) is 3.96. The third kappa shape index (κ3) is 3.95. The molecular weight excluding hydrogens is 360 g/mol. The summed E-state index contributed by atoms with van der Waals surface area (Å²) in [7, 11) is 1.59. The Labute approximate surface area is 162 Å². The zero-order chi connectivity index (χ0) is 19.2. The maximum atomic E-state index is 12.9. The molecule has 3 aromatic rings. The fraction of sp³-hybridized carbons (Fsp3) is 0.190. The van der Waals surface area contributed by atoms with E-state index in [0.29, 0.717) is 27.9 Å². The van der Waals surface area contributed by atoms with Crippen LogP contribution in [0.3, 0.4) is 0 Å². The van der Waals surface area contributed by atoms with Gasteiger partial charge in [0.2, 0.25) is 0 Å². The lowest BCUT2D eigenvalue weighted by atomic mass is 9.99. The van der Waals surface area contributed by atoms with Crippen molar-refractivity contribution in [2.45, 2.75) is 12.1 Å². The smallest absolute Gasteiger partial charge is 0.342 e. The van der Waals surface area contributed by atoms with E-state index in [9.17, 15) is 4.79 Å². The minimum atomic E-state index is -0.454. The first-order valence-corrected chi connectivity index (χ1v) is 9.74. The molecule has 1 aromatic heterocycles. The first-order chi connectivity index (χ1) is 13.2. The number of rotatable bonds is 6. The fourth-order valence-corrected chi connectivity index (χ4v) is 3.13. The van der Waals surface area contributed by atoms with Gasteiger partial charge in [0.1, 0.15) is 11.3 Å². The second-order valence-corrected chi connectivity index (χ2v) is 6.34. The fourth-order valence-electron chi connectivity index (χ4n) is 2.77. The van der Waals surface area contributed by atoms with E-state index in [1.807, 2.05) is 60.9 Å². The molecule has 0 spiro atoms. The molecule has 0 aliphatic rings. The first kappa shape index (κ1) is 18.9. The van der Waals surface area contributed by atoms with Gasteiger partial charge in [0, 0.05) is 11.1 Å². The predicted molar refractivity (Wildman–Crippen MR) is 107 cm³/mol. The summed E-state index contributed by atoms with van der Waals surface area (Å²) in [5.41, 5.74) is 2.94. The topological polar surface area (TPSA) is 61.3 Å². The summed E-state index contributed by atoms with van der Waals surface area (Å²) in [6, 6.07) is 17.1. The van der Waals surface area contributed by atoms with Crippen LogP contribution in [0, 0.1) is 0 Å². The molecule has 0 aliphatic heterocycles. The maximum Gasteiger partial charge on any atom is 0.342 e. The van der Waals surface area contributed by atoms with E-state index in [1.54, 1.807) is 14.0 Å². The van der Waals surface area contributed by atoms with E-state index < -0.39 is 5.97 Å². The zero-order valence-corrected chi connectivity index (χ0v) is 16.2. The van der Waals surface area contributed by atoms with Crippen molar-refractivity contribution in [1.82, 2.24) is 9.97 Å². The van der Waals surface area contributed by atoms with Gasteiger partial charge in [-0.15, -0.1) is 0 Å². The SMILES string of the molecule is CCOC(=O)c1c(-c2ccccc2)nc(SC)nc1-c1ccccc1OC. The predicted octanol–water partition coefficient (Wildman–Crippen LogP) is 4.72. The second-order valence-electron chi connectivity index (χ2n) is 5.57. The lowest BCUT2D eigenvalue weighted by Crippen LogP contribution is -2.12. The number of aromatic nitrogens is 2. The molecule has 0 fully saturated rings. The summed E-state index contributed by atoms with van der Waals surface area (Å²) < 4.78 is 10.8. The molecule has 0 radical (unpaired) electrons. The molecule has 0 amide bonds. The summed E-state index contributed by atoms with van der Waals surface area (Å²) in [4.78, 5) is 22.1. The Morgan fingerprint density at radius 2 is 1.67 bits per heavy atom. The number of carbonyl (C=O) groups is 1. The van der Waals surface area contributed by atoms with Gasteiger partial charge in [-0.3, -0.25) is 0 Å². The van der Waals surface area contributed by atoms with Crippen LogP contribution in [0.5, 0.6) is 5.75 Å². The maximum absolute atomic E-state index is 12.9. The van der Waals surface area contributed by atoms with Gasteiger partial charge in [-0.05, 0) is 25.3 Å². The van der Waals surface area contributed by atoms with E-state index in [-0.39, 0.29) is 6.61 Å². The van der Waals surface area contributed by atoms with Crippen LogP contribution >= 0.6 is 11.8 Å². The van der Waals surface area contributed by atoms with Crippen molar-refractivity contribution in [2.24, 2.45) is 0 Å². The van der Waals surface area contributed by atoms with Gasteiger partial charge in [0.15, 0.2) is 5.16 Å². The molecule has 3 rings (SSSR count). The summed E-state index contributed by atoms with van der Waals surface area (Å²) in [5, 5.41) is 0.572. The highest BCUT2D eigenvalue weighted by Crippen LogP contribution is 2.36. The average molecular weight is 380 g/mol. The van der Waals surface area contributed by atoms with E-state index in [0.717, 1.165) is 11.1 Å². The molecule has 27 heavy (non-hydrogen) atoms. The van der Waals surface area contributed by atoms with Crippen molar-refractivity contribution < 1.29 is 14.3 Å². The molecule has 0 bridgehead atoms. The third-order valence-corrected chi connectivity index (χ3v) is 4.51. The summed E-state index contributed by atoms with van der Waals surface area (Å²) in [5.74, 6) is 0.178. The highest BCUT2D eigenvalue weighted by atomic mass is 32.2. The highest BCUT2D eigenvalue weighted by molar-refractivity contribution is 7.98. The van der Waals surface area contributed by atoms with Gasteiger partial charge in [-0.1, -0.05) is 54.2 Å². The van der Waals surface area contributed by atoms with Gasteiger partial charge in [-0.2, -0.15) is 0 Å². The largest absolute Gasteiger partial charge is 0.496 e. The van der Waals surface area contributed by atoms with Gasteiger partial charge < -0.3 is 9.47 Å². The van der Waals surface area contributed by atoms with E-state index >= 15 is 0 Å². The molecule has 2 aromatic carbocycles.